The van der Waals surface area contributed by atoms with Gasteiger partial charge in [0.2, 0.25) is 0 Å². The topological polar surface area (TPSA) is 61.8 Å². The monoisotopic (exact) mass is 364 g/mol. The minimum atomic E-state index is -0.802. The average molecular weight is 364 g/mol. The number of rotatable bonds is 7. The number of para-hydroxylation sites is 1. The van der Waals surface area contributed by atoms with Crippen LogP contribution in [0.4, 0.5) is 0 Å². The Balaban J connectivity index is 1.60. The minimum absolute atomic E-state index is 0.270. The lowest BCUT2D eigenvalue weighted by Gasteiger charge is -2.13. The number of methoxy groups -OCH3 is 1. The first kappa shape index (κ1) is 18.5. The molecule has 0 aliphatic heterocycles. The Morgan fingerprint density at radius 1 is 0.889 bits per heavy atom. The van der Waals surface area contributed by atoms with Crippen molar-refractivity contribution in [3.63, 3.8) is 0 Å². The molecule has 3 aromatic carbocycles. The molecule has 5 nitrogen and oxygen atoms in total. The van der Waals surface area contributed by atoms with E-state index in [2.05, 4.69) is 0 Å². The van der Waals surface area contributed by atoms with Gasteiger partial charge in [-0.1, -0.05) is 36.4 Å². The summed E-state index contributed by atoms with van der Waals surface area (Å²) in [7, 11) is 1.61. The molecule has 1 atom stereocenters. The Kier molecular flexibility index (Phi) is 5.71. The highest BCUT2D eigenvalue weighted by molar-refractivity contribution is 6.01. The summed E-state index contributed by atoms with van der Waals surface area (Å²) < 4.78 is 15.8. The zero-order valence-corrected chi connectivity index (χ0v) is 15.2. The van der Waals surface area contributed by atoms with E-state index in [0.717, 1.165) is 16.5 Å². The second-order valence-corrected chi connectivity index (χ2v) is 6.03. The summed E-state index contributed by atoms with van der Waals surface area (Å²) in [6.45, 7) is 1.26. The van der Waals surface area contributed by atoms with Gasteiger partial charge >= 0.3 is 5.97 Å². The Bertz CT molecular complexity index is 949. The van der Waals surface area contributed by atoms with E-state index in [4.69, 9.17) is 14.2 Å². The van der Waals surface area contributed by atoms with Crippen molar-refractivity contribution in [2.45, 2.75) is 13.0 Å². The van der Waals surface area contributed by atoms with Gasteiger partial charge in [0, 0.05) is 5.56 Å². The number of ether oxygens (including phenoxy) is 3. The largest absolute Gasteiger partial charge is 0.497 e. The van der Waals surface area contributed by atoms with E-state index in [1.54, 1.807) is 38.3 Å². The highest BCUT2D eigenvalue weighted by Crippen LogP contribution is 2.22. The number of hydrogen-bond acceptors (Lipinski definition) is 5. The van der Waals surface area contributed by atoms with Gasteiger partial charge in [0.1, 0.15) is 11.5 Å². The summed E-state index contributed by atoms with van der Waals surface area (Å²) in [5.74, 6) is 0.465. The molecule has 0 aliphatic carbocycles. The third-order valence-electron chi connectivity index (χ3n) is 4.10. The summed E-state index contributed by atoms with van der Waals surface area (Å²) in [4.78, 5) is 24.4. The third kappa shape index (κ3) is 4.64. The van der Waals surface area contributed by atoms with Crippen LogP contribution in [0.3, 0.4) is 0 Å². The lowest BCUT2D eigenvalue weighted by Crippen LogP contribution is -2.28. The second kappa shape index (κ2) is 8.36. The van der Waals surface area contributed by atoms with Gasteiger partial charge in [0.15, 0.2) is 18.5 Å². The van der Waals surface area contributed by atoms with Gasteiger partial charge in [-0.3, -0.25) is 4.79 Å². The Hall–Kier alpha value is -3.34. The summed E-state index contributed by atoms with van der Waals surface area (Å²) in [6, 6.07) is 19.9. The van der Waals surface area contributed by atoms with Crippen molar-refractivity contribution in [1.29, 1.82) is 0 Å². The van der Waals surface area contributed by atoms with Crippen LogP contribution in [0.1, 0.15) is 17.3 Å². The smallest absolute Gasteiger partial charge is 0.347 e. The van der Waals surface area contributed by atoms with Crippen molar-refractivity contribution in [3.05, 3.63) is 72.3 Å². The first-order valence-corrected chi connectivity index (χ1v) is 8.56. The fourth-order valence-corrected chi connectivity index (χ4v) is 2.61. The zero-order valence-electron chi connectivity index (χ0n) is 15.2. The number of carbonyl (C=O) groups is 2. The summed E-state index contributed by atoms with van der Waals surface area (Å²) in [6.07, 6.45) is -0.802. The lowest BCUT2D eigenvalue weighted by atomic mass is 10.0. The van der Waals surface area contributed by atoms with Crippen LogP contribution < -0.4 is 9.47 Å². The molecule has 0 saturated carbocycles. The Morgan fingerprint density at radius 3 is 2.33 bits per heavy atom. The van der Waals surface area contributed by atoms with Crippen LogP contribution in [0.2, 0.25) is 0 Å². The van der Waals surface area contributed by atoms with Crippen molar-refractivity contribution >= 4 is 22.5 Å². The van der Waals surface area contributed by atoms with Crippen LogP contribution in [0.15, 0.2) is 66.7 Å². The molecule has 0 radical (unpaired) electrons. The van der Waals surface area contributed by atoms with Gasteiger partial charge < -0.3 is 14.2 Å². The maximum absolute atomic E-state index is 12.4. The van der Waals surface area contributed by atoms with Gasteiger partial charge in [0.05, 0.1) is 7.11 Å². The van der Waals surface area contributed by atoms with Crippen LogP contribution >= 0.6 is 0 Å². The summed E-state index contributed by atoms with van der Waals surface area (Å²) >= 11 is 0. The number of Topliss-reactive ketones (excluding diaryl/α,β-unsaturated/α-hetero) is 1. The molecule has 27 heavy (non-hydrogen) atoms. The lowest BCUT2D eigenvalue weighted by molar-refractivity contribution is -0.149. The SMILES string of the molecule is COc1ccc2cc(C(=O)COC(=O)C(C)Oc3ccccc3)ccc2c1. The number of fused-ring (bicyclic) bond motifs is 1. The predicted octanol–water partition coefficient (Wildman–Crippen LogP) is 4.04. The number of ketones is 1. The molecule has 0 N–H and O–H groups in total. The van der Waals surface area contributed by atoms with E-state index < -0.39 is 12.1 Å². The molecule has 0 saturated heterocycles. The summed E-state index contributed by atoms with van der Waals surface area (Å²) in [5, 5.41) is 1.88. The minimum Gasteiger partial charge on any atom is -0.497 e. The molecular weight excluding hydrogens is 344 g/mol. The molecule has 0 bridgehead atoms. The second-order valence-electron chi connectivity index (χ2n) is 6.03. The molecule has 0 amide bonds. The quantitative estimate of drug-likeness (QED) is 0.468. The first-order valence-electron chi connectivity index (χ1n) is 8.56. The van der Waals surface area contributed by atoms with Gasteiger partial charge in [-0.05, 0) is 48.0 Å². The Morgan fingerprint density at radius 2 is 1.59 bits per heavy atom. The number of benzene rings is 3. The zero-order chi connectivity index (χ0) is 19.2. The highest BCUT2D eigenvalue weighted by atomic mass is 16.6. The van der Waals surface area contributed by atoms with E-state index in [0.29, 0.717) is 11.3 Å². The van der Waals surface area contributed by atoms with Crippen molar-refractivity contribution in [2.24, 2.45) is 0 Å². The van der Waals surface area contributed by atoms with E-state index >= 15 is 0 Å². The van der Waals surface area contributed by atoms with Crippen LogP contribution in [0.5, 0.6) is 11.5 Å². The molecule has 0 aliphatic rings. The van der Waals surface area contributed by atoms with Crippen molar-refractivity contribution in [1.82, 2.24) is 0 Å². The van der Waals surface area contributed by atoms with Crippen LogP contribution in [0, 0.1) is 0 Å². The van der Waals surface area contributed by atoms with Gasteiger partial charge in [-0.2, -0.15) is 0 Å². The number of carbonyl (C=O) groups excluding carboxylic acids is 2. The molecule has 0 fully saturated rings. The predicted molar refractivity (Wildman–Crippen MR) is 102 cm³/mol. The molecule has 1 unspecified atom stereocenters. The van der Waals surface area contributed by atoms with Crippen LogP contribution in [0.25, 0.3) is 10.8 Å². The molecule has 3 aromatic rings. The van der Waals surface area contributed by atoms with Crippen LogP contribution in [-0.2, 0) is 9.53 Å². The average Bonchev–Trinajstić information content (AvgIpc) is 2.71. The normalized spacial score (nSPS) is 11.6. The molecule has 0 aromatic heterocycles. The molecule has 0 spiro atoms. The molecule has 3 rings (SSSR count). The fraction of sp³-hybridized carbons (Fsp3) is 0.182. The molecule has 5 heteroatoms. The summed E-state index contributed by atoms with van der Waals surface area (Å²) in [5.41, 5.74) is 0.483. The molecular formula is C22H20O5. The van der Waals surface area contributed by atoms with Crippen molar-refractivity contribution in [3.8, 4) is 11.5 Å². The van der Waals surface area contributed by atoms with Gasteiger partial charge in [-0.15, -0.1) is 0 Å². The number of esters is 1. The maximum Gasteiger partial charge on any atom is 0.347 e. The van der Waals surface area contributed by atoms with Crippen molar-refractivity contribution < 1.29 is 23.8 Å². The van der Waals surface area contributed by atoms with Gasteiger partial charge in [0.25, 0.3) is 0 Å². The van der Waals surface area contributed by atoms with E-state index in [1.807, 2.05) is 42.5 Å². The molecule has 138 valence electrons. The first-order chi connectivity index (χ1) is 13.1. The van der Waals surface area contributed by atoms with E-state index in [1.165, 1.54) is 0 Å². The Labute approximate surface area is 157 Å². The molecule has 0 heterocycles. The fourth-order valence-electron chi connectivity index (χ4n) is 2.61. The third-order valence-corrected chi connectivity index (χ3v) is 4.10. The maximum atomic E-state index is 12.4. The standard InChI is InChI=1S/C22H20O5/c1-15(27-19-6-4-3-5-7-19)22(24)26-14-21(23)18-9-8-17-13-20(25-2)11-10-16(17)12-18/h3-13,15H,14H2,1-2H3. The number of hydrogen-bond donors (Lipinski definition) is 0. The van der Waals surface area contributed by atoms with Gasteiger partial charge in [-0.25, -0.2) is 4.79 Å². The highest BCUT2D eigenvalue weighted by Gasteiger charge is 2.18. The van der Waals surface area contributed by atoms with E-state index in [-0.39, 0.29) is 12.4 Å². The van der Waals surface area contributed by atoms with Crippen molar-refractivity contribution in [2.75, 3.05) is 13.7 Å². The van der Waals surface area contributed by atoms with E-state index in [9.17, 15) is 9.59 Å². The van der Waals surface area contributed by atoms with Crippen LogP contribution in [-0.4, -0.2) is 31.6 Å².